The van der Waals surface area contributed by atoms with Crippen molar-refractivity contribution >= 4 is 0 Å². The molecule has 0 aliphatic rings. The molecule has 12 heavy (non-hydrogen) atoms. The van der Waals surface area contributed by atoms with Crippen LogP contribution >= 0.6 is 0 Å². The summed E-state index contributed by atoms with van der Waals surface area (Å²) in [7, 11) is 0. The second kappa shape index (κ2) is 4.34. The maximum absolute atomic E-state index is 4.37. The standard InChI is InChI=1S/C11H18N/c1-4-5-10-6-7-12-11(10)8-9(2)3/h6-7,9H,4-5,8H2,1-3H3/q-1. The van der Waals surface area contributed by atoms with Gasteiger partial charge >= 0.3 is 0 Å². The van der Waals surface area contributed by atoms with Crippen LogP contribution in [0.3, 0.4) is 0 Å². The van der Waals surface area contributed by atoms with Crippen molar-refractivity contribution in [3.63, 3.8) is 0 Å². The van der Waals surface area contributed by atoms with Crippen molar-refractivity contribution in [2.45, 2.75) is 40.0 Å². The highest BCUT2D eigenvalue weighted by atomic mass is 14.7. The first-order valence-electron chi connectivity index (χ1n) is 4.83. The van der Waals surface area contributed by atoms with E-state index < -0.39 is 0 Å². The predicted molar refractivity (Wildman–Crippen MR) is 52.3 cm³/mol. The van der Waals surface area contributed by atoms with Crippen LogP contribution in [0.25, 0.3) is 0 Å². The van der Waals surface area contributed by atoms with Crippen LogP contribution in [0.1, 0.15) is 38.4 Å². The molecule has 1 aromatic rings. The van der Waals surface area contributed by atoms with Gasteiger partial charge < -0.3 is 4.98 Å². The summed E-state index contributed by atoms with van der Waals surface area (Å²) in [5.74, 6) is 0.718. The van der Waals surface area contributed by atoms with Crippen molar-refractivity contribution in [2.24, 2.45) is 5.92 Å². The first-order chi connectivity index (χ1) is 5.74. The second-order valence-electron chi connectivity index (χ2n) is 3.76. The molecule has 0 atom stereocenters. The molecule has 0 spiro atoms. The molecule has 68 valence electrons. The van der Waals surface area contributed by atoms with Gasteiger partial charge in [-0.3, -0.25) is 0 Å². The zero-order valence-electron chi connectivity index (χ0n) is 8.30. The molecule has 0 saturated heterocycles. The third-order valence-electron chi connectivity index (χ3n) is 2.00. The molecule has 0 saturated carbocycles. The van der Waals surface area contributed by atoms with Gasteiger partial charge in [-0.1, -0.05) is 38.8 Å². The highest BCUT2D eigenvalue weighted by Crippen LogP contribution is 2.12. The molecule has 1 nitrogen and oxygen atoms in total. The molecule has 0 fully saturated rings. The topological polar surface area (TPSA) is 14.1 Å². The summed E-state index contributed by atoms with van der Waals surface area (Å²) in [6.07, 6.45) is 5.46. The quantitative estimate of drug-likeness (QED) is 0.667. The lowest BCUT2D eigenvalue weighted by Crippen LogP contribution is -1.99. The van der Waals surface area contributed by atoms with E-state index in [-0.39, 0.29) is 0 Å². The lowest BCUT2D eigenvalue weighted by Gasteiger charge is -2.13. The Balaban J connectivity index is 2.63. The van der Waals surface area contributed by atoms with E-state index in [2.05, 4.69) is 31.8 Å². The van der Waals surface area contributed by atoms with E-state index in [1.165, 1.54) is 24.1 Å². The monoisotopic (exact) mass is 164 g/mol. The average molecular weight is 164 g/mol. The van der Waals surface area contributed by atoms with Gasteiger partial charge in [0.1, 0.15) is 0 Å². The molecule has 0 unspecified atom stereocenters. The minimum atomic E-state index is 0.718. The summed E-state index contributed by atoms with van der Waals surface area (Å²) < 4.78 is 0. The van der Waals surface area contributed by atoms with Crippen molar-refractivity contribution in [3.05, 3.63) is 23.5 Å². The van der Waals surface area contributed by atoms with Crippen molar-refractivity contribution < 1.29 is 0 Å². The maximum Gasteiger partial charge on any atom is -0.0297 e. The Morgan fingerprint density at radius 2 is 2.17 bits per heavy atom. The summed E-state index contributed by atoms with van der Waals surface area (Å²) in [6, 6.07) is 2.15. The number of hydrogen-bond acceptors (Lipinski definition) is 0. The number of aromatic nitrogens is 1. The van der Waals surface area contributed by atoms with E-state index in [4.69, 9.17) is 0 Å². The summed E-state index contributed by atoms with van der Waals surface area (Å²) in [5.41, 5.74) is 2.76. The van der Waals surface area contributed by atoms with Crippen LogP contribution in [-0.2, 0) is 12.8 Å². The Hall–Kier alpha value is -0.720. The molecule has 1 aromatic heterocycles. The number of hydrogen-bond donors (Lipinski definition) is 0. The van der Waals surface area contributed by atoms with Crippen molar-refractivity contribution in [1.82, 2.24) is 4.98 Å². The molecular weight excluding hydrogens is 146 g/mol. The molecule has 0 amide bonds. The van der Waals surface area contributed by atoms with Gasteiger partial charge in [-0.25, -0.2) is 0 Å². The largest absolute Gasteiger partial charge is 0.667 e. The van der Waals surface area contributed by atoms with Gasteiger partial charge in [0.15, 0.2) is 0 Å². The highest BCUT2D eigenvalue weighted by molar-refractivity contribution is 5.20. The van der Waals surface area contributed by atoms with Gasteiger partial charge in [-0.05, 0) is 18.8 Å². The smallest absolute Gasteiger partial charge is 0.0297 e. The molecule has 0 aliphatic carbocycles. The number of aryl methyl sites for hydroxylation is 1. The van der Waals surface area contributed by atoms with Crippen LogP contribution in [0, 0.1) is 5.92 Å². The lowest BCUT2D eigenvalue weighted by atomic mass is 10.0. The average Bonchev–Trinajstić information content (AvgIpc) is 2.37. The van der Waals surface area contributed by atoms with Gasteiger partial charge in [-0.2, -0.15) is 11.9 Å². The minimum absolute atomic E-state index is 0.718. The summed E-state index contributed by atoms with van der Waals surface area (Å²) >= 11 is 0. The normalized spacial score (nSPS) is 11.0. The highest BCUT2D eigenvalue weighted by Gasteiger charge is 1.97. The Morgan fingerprint density at radius 3 is 2.75 bits per heavy atom. The zero-order chi connectivity index (χ0) is 8.97. The lowest BCUT2D eigenvalue weighted by molar-refractivity contribution is 0.630. The van der Waals surface area contributed by atoms with E-state index in [9.17, 15) is 0 Å². The third-order valence-corrected chi connectivity index (χ3v) is 2.00. The van der Waals surface area contributed by atoms with Crippen molar-refractivity contribution in [2.75, 3.05) is 0 Å². The Bertz CT molecular complexity index is 223. The number of nitrogens with zero attached hydrogens (tertiary/aromatic N) is 1. The second-order valence-corrected chi connectivity index (χ2v) is 3.76. The first kappa shape index (κ1) is 9.37. The predicted octanol–water partition coefficient (Wildman–Crippen LogP) is 2.79. The zero-order valence-corrected chi connectivity index (χ0v) is 8.30. The molecule has 0 radical (unpaired) electrons. The summed E-state index contributed by atoms with van der Waals surface area (Å²) in [6.45, 7) is 6.70. The molecule has 0 aliphatic heterocycles. The van der Waals surface area contributed by atoms with Gasteiger partial charge in [0, 0.05) is 0 Å². The van der Waals surface area contributed by atoms with E-state index in [1.807, 2.05) is 6.20 Å². The molecule has 1 rings (SSSR count). The van der Waals surface area contributed by atoms with Crippen LogP contribution in [0.5, 0.6) is 0 Å². The van der Waals surface area contributed by atoms with Crippen LogP contribution in [0.15, 0.2) is 12.3 Å². The molecule has 1 heterocycles. The van der Waals surface area contributed by atoms with Gasteiger partial charge in [0.05, 0.1) is 0 Å². The SMILES string of the molecule is CCCc1cc[n-]c1CC(C)C. The molecule has 1 heteroatoms. The Kier molecular flexibility index (Phi) is 3.39. The Morgan fingerprint density at radius 1 is 1.42 bits per heavy atom. The third kappa shape index (κ3) is 2.40. The van der Waals surface area contributed by atoms with E-state index in [1.54, 1.807) is 0 Å². The fourth-order valence-corrected chi connectivity index (χ4v) is 1.46. The first-order valence-corrected chi connectivity index (χ1v) is 4.83. The summed E-state index contributed by atoms with van der Waals surface area (Å²) in [5, 5.41) is 0. The number of rotatable bonds is 4. The van der Waals surface area contributed by atoms with Crippen LogP contribution in [-0.4, -0.2) is 0 Å². The van der Waals surface area contributed by atoms with Gasteiger partial charge in [0.25, 0.3) is 0 Å². The van der Waals surface area contributed by atoms with Gasteiger partial charge in [-0.15, -0.1) is 0 Å². The fourth-order valence-electron chi connectivity index (χ4n) is 1.46. The van der Waals surface area contributed by atoms with Crippen molar-refractivity contribution in [3.8, 4) is 0 Å². The fraction of sp³-hybridized carbons (Fsp3) is 0.636. The van der Waals surface area contributed by atoms with Crippen molar-refractivity contribution in [1.29, 1.82) is 0 Å². The van der Waals surface area contributed by atoms with Gasteiger partial charge in [0.2, 0.25) is 0 Å². The molecule has 0 N–H and O–H groups in total. The van der Waals surface area contributed by atoms with Crippen LogP contribution in [0.4, 0.5) is 0 Å². The molecule has 0 bridgehead atoms. The minimum Gasteiger partial charge on any atom is -0.667 e. The van der Waals surface area contributed by atoms with E-state index >= 15 is 0 Å². The maximum atomic E-state index is 4.37. The van der Waals surface area contributed by atoms with E-state index in [0.29, 0.717) is 0 Å². The van der Waals surface area contributed by atoms with Crippen LogP contribution in [0.2, 0.25) is 0 Å². The Labute approximate surface area is 75.2 Å². The summed E-state index contributed by atoms with van der Waals surface area (Å²) in [4.78, 5) is 4.37. The van der Waals surface area contributed by atoms with Crippen LogP contribution < -0.4 is 4.98 Å². The molecular formula is C11H18N-. The molecule has 0 aromatic carbocycles. The van der Waals surface area contributed by atoms with E-state index in [0.717, 1.165) is 12.3 Å².